The average Bonchev–Trinajstić information content (AvgIpc) is 3.10. The van der Waals surface area contributed by atoms with Crippen LogP contribution in [0.2, 0.25) is 0 Å². The summed E-state index contributed by atoms with van der Waals surface area (Å²) in [5.74, 6) is 0.752. The standard InChI is InChI=1S/C21H33N3O3/c1-22(2)20-6-3-17(4-7-20)5-8-21(26)24-14-18(19(15-24)16-25)13-23-9-11-27-12-10-23/h3-4,6-7,18-19,25H,5,8-16H2,1-2H3/t18-,19-/m1/s1. The van der Waals surface area contributed by atoms with Gasteiger partial charge in [-0.05, 0) is 30.0 Å². The highest BCUT2D eigenvalue weighted by atomic mass is 16.5. The number of morpholine rings is 1. The van der Waals surface area contributed by atoms with Crippen LogP contribution in [0, 0.1) is 11.8 Å². The summed E-state index contributed by atoms with van der Waals surface area (Å²) < 4.78 is 5.41. The van der Waals surface area contributed by atoms with Crippen LogP contribution in [0.25, 0.3) is 0 Å². The summed E-state index contributed by atoms with van der Waals surface area (Å²) in [6.45, 7) is 6.02. The number of hydrogen-bond donors (Lipinski definition) is 1. The number of anilines is 1. The van der Waals surface area contributed by atoms with Crippen LogP contribution in [0.4, 0.5) is 5.69 Å². The SMILES string of the molecule is CN(C)c1ccc(CCC(=O)N2C[C@@H](CN3CCOCC3)[C@@H](CO)C2)cc1. The predicted molar refractivity (Wildman–Crippen MR) is 107 cm³/mol. The lowest BCUT2D eigenvalue weighted by atomic mass is 9.96. The minimum absolute atomic E-state index is 0.158. The van der Waals surface area contributed by atoms with E-state index in [1.165, 1.54) is 11.3 Å². The summed E-state index contributed by atoms with van der Waals surface area (Å²) in [5.41, 5.74) is 2.36. The van der Waals surface area contributed by atoms with Gasteiger partial charge in [0.1, 0.15) is 0 Å². The first-order valence-corrected chi connectivity index (χ1v) is 10.0. The molecule has 6 heteroatoms. The van der Waals surface area contributed by atoms with Crippen molar-refractivity contribution in [2.24, 2.45) is 11.8 Å². The van der Waals surface area contributed by atoms with Gasteiger partial charge in [0.05, 0.1) is 13.2 Å². The maximum Gasteiger partial charge on any atom is 0.222 e. The van der Waals surface area contributed by atoms with E-state index in [1.807, 2.05) is 19.0 Å². The first-order valence-electron chi connectivity index (χ1n) is 10.0. The number of ether oxygens (including phenoxy) is 1. The summed E-state index contributed by atoms with van der Waals surface area (Å²) in [4.78, 5) is 19.1. The van der Waals surface area contributed by atoms with Gasteiger partial charge in [-0.3, -0.25) is 9.69 Å². The van der Waals surface area contributed by atoms with Crippen molar-refractivity contribution in [2.75, 3.05) is 71.5 Å². The van der Waals surface area contributed by atoms with Gasteiger partial charge in [0.25, 0.3) is 0 Å². The number of amides is 1. The van der Waals surface area contributed by atoms with Crippen molar-refractivity contribution in [1.29, 1.82) is 0 Å². The molecule has 6 nitrogen and oxygen atoms in total. The van der Waals surface area contributed by atoms with Gasteiger partial charge >= 0.3 is 0 Å². The molecule has 0 radical (unpaired) electrons. The highest BCUT2D eigenvalue weighted by Crippen LogP contribution is 2.25. The first kappa shape index (κ1) is 20.1. The van der Waals surface area contributed by atoms with Crippen LogP contribution < -0.4 is 4.90 Å². The number of aliphatic hydroxyl groups excluding tert-OH is 1. The number of carbonyl (C=O) groups is 1. The van der Waals surface area contributed by atoms with Gasteiger partial charge in [0.15, 0.2) is 0 Å². The van der Waals surface area contributed by atoms with Crippen molar-refractivity contribution in [3.8, 4) is 0 Å². The third-order valence-electron chi connectivity index (χ3n) is 5.84. The van der Waals surface area contributed by atoms with E-state index in [0.717, 1.165) is 45.8 Å². The normalized spacial score (nSPS) is 23.6. The molecule has 2 aliphatic rings. The molecule has 0 aromatic heterocycles. The van der Waals surface area contributed by atoms with Crippen molar-refractivity contribution in [2.45, 2.75) is 12.8 Å². The summed E-state index contributed by atoms with van der Waals surface area (Å²) in [5, 5.41) is 9.76. The molecule has 1 N–H and O–H groups in total. The van der Waals surface area contributed by atoms with Gasteiger partial charge in [-0.15, -0.1) is 0 Å². The number of carbonyl (C=O) groups excluding carboxylic acids is 1. The topological polar surface area (TPSA) is 56.3 Å². The Bertz CT molecular complexity index is 599. The van der Waals surface area contributed by atoms with Crippen LogP contribution in [0.15, 0.2) is 24.3 Å². The fourth-order valence-electron chi connectivity index (χ4n) is 4.04. The Hall–Kier alpha value is -1.63. The summed E-state index contributed by atoms with van der Waals surface area (Å²) in [7, 11) is 4.05. The highest BCUT2D eigenvalue weighted by molar-refractivity contribution is 5.76. The largest absolute Gasteiger partial charge is 0.396 e. The zero-order chi connectivity index (χ0) is 19.2. The Labute approximate surface area is 162 Å². The van der Waals surface area contributed by atoms with E-state index in [0.29, 0.717) is 18.9 Å². The van der Waals surface area contributed by atoms with Crippen molar-refractivity contribution >= 4 is 11.6 Å². The molecule has 0 unspecified atom stereocenters. The monoisotopic (exact) mass is 375 g/mol. The van der Waals surface area contributed by atoms with Gasteiger partial charge in [-0.1, -0.05) is 12.1 Å². The Morgan fingerprint density at radius 2 is 1.81 bits per heavy atom. The minimum atomic E-state index is 0.158. The predicted octanol–water partition coefficient (Wildman–Crippen LogP) is 1.08. The molecule has 3 rings (SSSR count). The third kappa shape index (κ3) is 5.43. The van der Waals surface area contributed by atoms with Gasteiger partial charge in [0, 0.05) is 71.5 Å². The van der Waals surface area contributed by atoms with E-state index in [2.05, 4.69) is 34.1 Å². The smallest absolute Gasteiger partial charge is 0.222 e. The number of hydrogen-bond acceptors (Lipinski definition) is 5. The Balaban J connectivity index is 1.49. The lowest BCUT2D eigenvalue weighted by Gasteiger charge is -2.30. The van der Waals surface area contributed by atoms with Crippen LogP contribution in [-0.4, -0.2) is 87.5 Å². The number of aryl methyl sites for hydroxylation is 1. The molecule has 27 heavy (non-hydrogen) atoms. The molecule has 150 valence electrons. The average molecular weight is 376 g/mol. The molecule has 2 saturated heterocycles. The molecule has 1 aromatic carbocycles. The molecule has 1 amide bonds. The Morgan fingerprint density at radius 3 is 2.44 bits per heavy atom. The van der Waals surface area contributed by atoms with Crippen LogP contribution >= 0.6 is 0 Å². The molecule has 2 fully saturated rings. The second-order valence-electron chi connectivity index (χ2n) is 7.98. The number of rotatable bonds is 7. The molecular weight excluding hydrogens is 342 g/mol. The number of benzene rings is 1. The number of nitrogens with zero attached hydrogens (tertiary/aromatic N) is 3. The second-order valence-corrected chi connectivity index (χ2v) is 7.98. The molecule has 2 aliphatic heterocycles. The maximum absolute atomic E-state index is 12.7. The molecule has 0 spiro atoms. The van der Waals surface area contributed by atoms with Crippen molar-refractivity contribution < 1.29 is 14.6 Å². The molecule has 0 aliphatic carbocycles. The molecule has 2 heterocycles. The lowest BCUT2D eigenvalue weighted by molar-refractivity contribution is -0.130. The quantitative estimate of drug-likeness (QED) is 0.773. The second kappa shape index (κ2) is 9.53. The van der Waals surface area contributed by atoms with Crippen molar-refractivity contribution in [1.82, 2.24) is 9.80 Å². The molecule has 2 atom stereocenters. The van der Waals surface area contributed by atoms with E-state index in [4.69, 9.17) is 4.74 Å². The Morgan fingerprint density at radius 1 is 1.15 bits per heavy atom. The maximum atomic E-state index is 12.7. The van der Waals surface area contributed by atoms with Crippen LogP contribution in [-0.2, 0) is 16.0 Å². The zero-order valence-corrected chi connectivity index (χ0v) is 16.6. The first-order chi connectivity index (χ1) is 13.1. The van der Waals surface area contributed by atoms with Crippen molar-refractivity contribution in [3.05, 3.63) is 29.8 Å². The van der Waals surface area contributed by atoms with E-state index in [9.17, 15) is 9.90 Å². The Kier molecular flexibility index (Phi) is 7.10. The summed E-state index contributed by atoms with van der Waals surface area (Å²) in [6, 6.07) is 8.39. The minimum Gasteiger partial charge on any atom is -0.396 e. The van der Waals surface area contributed by atoms with Crippen LogP contribution in [0.1, 0.15) is 12.0 Å². The summed E-state index contributed by atoms with van der Waals surface area (Å²) >= 11 is 0. The molecular formula is C21H33N3O3. The van der Waals surface area contributed by atoms with E-state index in [-0.39, 0.29) is 18.4 Å². The summed E-state index contributed by atoms with van der Waals surface area (Å²) in [6.07, 6.45) is 1.30. The van der Waals surface area contributed by atoms with Gasteiger partial charge in [-0.2, -0.15) is 0 Å². The van der Waals surface area contributed by atoms with E-state index in [1.54, 1.807) is 0 Å². The van der Waals surface area contributed by atoms with Gasteiger partial charge in [0.2, 0.25) is 5.91 Å². The van der Waals surface area contributed by atoms with Crippen LogP contribution in [0.3, 0.4) is 0 Å². The fourth-order valence-corrected chi connectivity index (χ4v) is 4.04. The molecule has 0 bridgehead atoms. The third-order valence-corrected chi connectivity index (χ3v) is 5.84. The van der Waals surface area contributed by atoms with Crippen molar-refractivity contribution in [3.63, 3.8) is 0 Å². The zero-order valence-electron chi connectivity index (χ0n) is 16.6. The van der Waals surface area contributed by atoms with Gasteiger partial charge < -0.3 is 19.6 Å². The van der Waals surface area contributed by atoms with E-state index < -0.39 is 0 Å². The lowest BCUT2D eigenvalue weighted by Crippen LogP contribution is -2.41. The van der Waals surface area contributed by atoms with Gasteiger partial charge in [-0.25, -0.2) is 0 Å². The number of aliphatic hydroxyl groups is 1. The molecule has 0 saturated carbocycles. The number of likely N-dealkylation sites (tertiary alicyclic amines) is 1. The molecule has 1 aromatic rings. The fraction of sp³-hybridized carbons (Fsp3) is 0.667. The van der Waals surface area contributed by atoms with E-state index >= 15 is 0 Å². The van der Waals surface area contributed by atoms with Crippen LogP contribution in [0.5, 0.6) is 0 Å². The highest BCUT2D eigenvalue weighted by Gasteiger charge is 2.35.